The number of nitrogens with one attached hydrogen (secondary N) is 2. The van der Waals surface area contributed by atoms with Crippen LogP contribution < -0.4 is 25.0 Å². The molecule has 6 rings (SSSR count). The van der Waals surface area contributed by atoms with Crippen LogP contribution in [0.1, 0.15) is 16.1 Å². The summed E-state index contributed by atoms with van der Waals surface area (Å²) in [5.41, 5.74) is 1.27. The highest BCUT2D eigenvalue weighted by atomic mass is 35.5. The number of hydrogen-bond donors (Lipinski definition) is 2. The summed E-state index contributed by atoms with van der Waals surface area (Å²) in [5.74, 6) is 0.352. The number of pyridine rings is 1. The average Bonchev–Trinajstić information content (AvgIpc) is 3.59. The van der Waals surface area contributed by atoms with E-state index in [2.05, 4.69) is 22.2 Å². The SMILES string of the molecule is C=CC(=O)N1CCC(NC(=O)c2sc3nccc4c3c2NC(=O)N4c2c(Cl)ccc3c2OCO3)C1. The maximum Gasteiger partial charge on any atom is 0.331 e. The highest BCUT2D eigenvalue weighted by Crippen LogP contribution is 2.52. The molecule has 1 unspecified atom stereocenters. The molecule has 0 saturated carbocycles. The second-order valence-electron chi connectivity index (χ2n) is 8.16. The van der Waals surface area contributed by atoms with Crippen LogP contribution in [0.3, 0.4) is 0 Å². The van der Waals surface area contributed by atoms with E-state index in [1.807, 2.05) is 0 Å². The number of fused-ring (bicyclic) bond motifs is 1. The Labute approximate surface area is 208 Å². The maximum atomic E-state index is 13.4. The van der Waals surface area contributed by atoms with E-state index in [0.29, 0.717) is 68.2 Å². The lowest BCUT2D eigenvalue weighted by Gasteiger charge is -2.29. The van der Waals surface area contributed by atoms with Crippen LogP contribution in [0.4, 0.5) is 21.9 Å². The zero-order chi connectivity index (χ0) is 24.3. The summed E-state index contributed by atoms with van der Waals surface area (Å²) in [4.78, 5) is 46.9. The molecule has 12 heteroatoms. The van der Waals surface area contributed by atoms with Crippen molar-refractivity contribution in [2.75, 3.05) is 30.1 Å². The molecule has 3 aromatic rings. The van der Waals surface area contributed by atoms with Gasteiger partial charge in [0.25, 0.3) is 5.91 Å². The lowest BCUT2D eigenvalue weighted by Crippen LogP contribution is -2.39. The molecule has 2 N–H and O–H groups in total. The summed E-state index contributed by atoms with van der Waals surface area (Å²) in [7, 11) is 0. The first kappa shape index (κ1) is 21.7. The van der Waals surface area contributed by atoms with E-state index in [4.69, 9.17) is 21.1 Å². The Hall–Kier alpha value is -3.83. The monoisotopic (exact) mass is 511 g/mol. The number of aromatic nitrogens is 1. The van der Waals surface area contributed by atoms with Crippen LogP contribution in [-0.4, -0.2) is 53.7 Å². The fourth-order valence-corrected chi connectivity index (χ4v) is 5.82. The number of urea groups is 1. The first-order valence-corrected chi connectivity index (χ1v) is 12.0. The second kappa shape index (κ2) is 8.14. The number of benzene rings is 1. The fourth-order valence-electron chi connectivity index (χ4n) is 4.57. The number of likely N-dealkylation sites (tertiary alicyclic amines) is 1. The standard InChI is InChI=1S/C23H18ClN5O5S/c1-2-15(30)28-8-6-11(9-28)26-21(31)20-17-16-13(5-7-25-22(16)35-20)29(23(32)27-17)18-12(24)3-4-14-19(18)34-10-33-14/h2-5,7,11H,1,6,8-10H2,(H,26,31)(H,27,32). The Morgan fingerprint density at radius 1 is 1.31 bits per heavy atom. The van der Waals surface area contributed by atoms with Crippen molar-refractivity contribution in [2.45, 2.75) is 12.5 Å². The van der Waals surface area contributed by atoms with Gasteiger partial charge in [0.15, 0.2) is 11.5 Å². The number of ether oxygens (including phenoxy) is 2. The number of halogens is 1. The van der Waals surface area contributed by atoms with Crippen LogP contribution in [0.25, 0.3) is 10.2 Å². The molecule has 1 saturated heterocycles. The third-order valence-electron chi connectivity index (χ3n) is 6.15. The number of carbonyl (C=O) groups excluding carboxylic acids is 3. The molecular formula is C23H18ClN5O5S. The Morgan fingerprint density at radius 2 is 2.17 bits per heavy atom. The molecule has 178 valence electrons. The Bertz CT molecular complexity index is 1440. The third kappa shape index (κ3) is 3.38. The molecule has 1 atom stereocenters. The van der Waals surface area contributed by atoms with Gasteiger partial charge in [-0.3, -0.25) is 14.5 Å². The number of nitrogens with zero attached hydrogens (tertiary/aromatic N) is 3. The second-order valence-corrected chi connectivity index (χ2v) is 9.57. The van der Waals surface area contributed by atoms with Gasteiger partial charge in [0.2, 0.25) is 12.7 Å². The van der Waals surface area contributed by atoms with Gasteiger partial charge >= 0.3 is 6.03 Å². The highest BCUT2D eigenvalue weighted by Gasteiger charge is 2.37. The molecular weight excluding hydrogens is 494 g/mol. The van der Waals surface area contributed by atoms with Crippen LogP contribution in [0, 0.1) is 0 Å². The number of hydrogen-bond acceptors (Lipinski definition) is 7. The van der Waals surface area contributed by atoms with E-state index >= 15 is 0 Å². The summed E-state index contributed by atoms with van der Waals surface area (Å²) in [6.45, 7) is 4.48. The van der Waals surface area contributed by atoms with Gasteiger partial charge in [-0.2, -0.15) is 0 Å². The molecule has 35 heavy (non-hydrogen) atoms. The Balaban J connectivity index is 1.38. The quantitative estimate of drug-likeness (QED) is 0.514. The molecule has 1 aromatic carbocycles. The predicted octanol–water partition coefficient (Wildman–Crippen LogP) is 3.88. The first-order chi connectivity index (χ1) is 17.0. The molecule has 2 aromatic heterocycles. The van der Waals surface area contributed by atoms with Crippen LogP contribution in [0.5, 0.6) is 11.5 Å². The van der Waals surface area contributed by atoms with Crippen molar-refractivity contribution in [1.82, 2.24) is 15.2 Å². The van der Waals surface area contributed by atoms with Gasteiger partial charge in [-0.25, -0.2) is 9.78 Å². The number of thiophene rings is 1. The van der Waals surface area contributed by atoms with E-state index in [9.17, 15) is 14.4 Å². The highest BCUT2D eigenvalue weighted by molar-refractivity contribution is 7.21. The number of amides is 4. The average molecular weight is 512 g/mol. The molecule has 4 amide bonds. The van der Waals surface area contributed by atoms with Gasteiger partial charge < -0.3 is 25.0 Å². The van der Waals surface area contributed by atoms with Gasteiger partial charge in [-0.05, 0) is 30.7 Å². The summed E-state index contributed by atoms with van der Waals surface area (Å²) in [5, 5.41) is 6.76. The Kier molecular flexibility index (Phi) is 5.04. The molecule has 0 spiro atoms. The van der Waals surface area contributed by atoms with Crippen molar-refractivity contribution >= 4 is 68.1 Å². The van der Waals surface area contributed by atoms with Gasteiger partial charge in [-0.1, -0.05) is 18.2 Å². The first-order valence-electron chi connectivity index (χ1n) is 10.8. The number of rotatable bonds is 4. The zero-order valence-electron chi connectivity index (χ0n) is 18.2. The van der Waals surface area contributed by atoms with Gasteiger partial charge in [0.1, 0.15) is 15.4 Å². The van der Waals surface area contributed by atoms with Crippen molar-refractivity contribution in [3.8, 4) is 11.5 Å². The van der Waals surface area contributed by atoms with Crippen LogP contribution >= 0.6 is 22.9 Å². The molecule has 3 aliphatic rings. The molecule has 5 heterocycles. The summed E-state index contributed by atoms with van der Waals surface area (Å²) in [6, 6.07) is 4.32. The lowest BCUT2D eigenvalue weighted by atomic mass is 10.1. The molecule has 3 aliphatic heterocycles. The van der Waals surface area contributed by atoms with E-state index in [-0.39, 0.29) is 24.6 Å². The zero-order valence-corrected chi connectivity index (χ0v) is 19.7. The van der Waals surface area contributed by atoms with Crippen molar-refractivity contribution in [3.63, 3.8) is 0 Å². The van der Waals surface area contributed by atoms with E-state index in [1.165, 1.54) is 22.3 Å². The van der Waals surface area contributed by atoms with Crippen molar-refractivity contribution in [2.24, 2.45) is 0 Å². The smallest absolute Gasteiger partial charge is 0.331 e. The lowest BCUT2D eigenvalue weighted by molar-refractivity contribution is -0.125. The predicted molar refractivity (Wildman–Crippen MR) is 131 cm³/mol. The Morgan fingerprint density at radius 3 is 3.00 bits per heavy atom. The van der Waals surface area contributed by atoms with Gasteiger partial charge in [-0.15, -0.1) is 11.3 Å². The van der Waals surface area contributed by atoms with Gasteiger partial charge in [0.05, 0.1) is 21.8 Å². The topological polar surface area (TPSA) is 113 Å². The minimum absolute atomic E-state index is 0.0227. The van der Waals surface area contributed by atoms with Crippen molar-refractivity contribution in [1.29, 1.82) is 0 Å². The van der Waals surface area contributed by atoms with E-state index in [0.717, 1.165) is 0 Å². The van der Waals surface area contributed by atoms with Crippen molar-refractivity contribution in [3.05, 3.63) is 47.0 Å². The molecule has 0 bridgehead atoms. The van der Waals surface area contributed by atoms with E-state index < -0.39 is 6.03 Å². The molecule has 0 aliphatic carbocycles. The largest absolute Gasteiger partial charge is 0.454 e. The summed E-state index contributed by atoms with van der Waals surface area (Å²) in [6.07, 6.45) is 3.48. The third-order valence-corrected chi connectivity index (χ3v) is 7.55. The van der Waals surface area contributed by atoms with Crippen LogP contribution in [0.15, 0.2) is 37.1 Å². The van der Waals surface area contributed by atoms with Crippen LogP contribution in [-0.2, 0) is 4.79 Å². The molecule has 0 radical (unpaired) electrons. The van der Waals surface area contributed by atoms with Crippen LogP contribution in [0.2, 0.25) is 5.02 Å². The number of carbonyl (C=O) groups is 3. The fraction of sp³-hybridized carbons (Fsp3) is 0.217. The maximum absolute atomic E-state index is 13.4. The van der Waals surface area contributed by atoms with Crippen molar-refractivity contribution < 1.29 is 23.9 Å². The molecule has 1 fully saturated rings. The minimum atomic E-state index is -0.494. The van der Waals surface area contributed by atoms with Gasteiger partial charge in [0, 0.05) is 25.3 Å². The summed E-state index contributed by atoms with van der Waals surface area (Å²) >= 11 is 7.68. The normalized spacial score (nSPS) is 18.1. The number of anilines is 3. The van der Waals surface area contributed by atoms with E-state index in [1.54, 1.807) is 29.3 Å². The minimum Gasteiger partial charge on any atom is -0.454 e. The summed E-state index contributed by atoms with van der Waals surface area (Å²) < 4.78 is 11.1. The molecule has 10 nitrogen and oxygen atoms in total.